The average molecular weight is 327 g/mol. The molecular weight excluding hydrogens is 310 g/mol. The van der Waals surface area contributed by atoms with Gasteiger partial charge in [-0.15, -0.1) is 0 Å². The van der Waals surface area contributed by atoms with Crippen LogP contribution in [0.4, 0.5) is 0 Å². The third-order valence-corrected chi connectivity index (χ3v) is 4.31. The lowest BCUT2D eigenvalue weighted by atomic mass is 10.0. The van der Waals surface area contributed by atoms with Crippen molar-refractivity contribution in [3.8, 4) is 5.75 Å². The molecule has 1 N–H and O–H groups in total. The standard InChI is InChI=1S/C17H17N3O2S/c1-20-9-8-18-16(20)15(13-5-3-4-6-14(13)22-2)19-17(21)12-7-10-23-11-12/h3-11,15H,1-2H3,(H,19,21)/t15-/m0/s1. The van der Waals surface area contributed by atoms with Gasteiger partial charge in [0, 0.05) is 30.4 Å². The number of thiophene rings is 1. The number of carbonyl (C=O) groups is 1. The summed E-state index contributed by atoms with van der Waals surface area (Å²) in [5.41, 5.74) is 1.51. The topological polar surface area (TPSA) is 56.1 Å². The number of aryl methyl sites for hydroxylation is 1. The molecule has 0 spiro atoms. The molecule has 118 valence electrons. The molecule has 0 aliphatic rings. The molecule has 0 aliphatic heterocycles. The van der Waals surface area contributed by atoms with E-state index in [9.17, 15) is 4.79 Å². The van der Waals surface area contributed by atoms with E-state index in [2.05, 4.69) is 10.3 Å². The number of amides is 1. The molecule has 1 amide bonds. The van der Waals surface area contributed by atoms with Crippen molar-refractivity contribution in [2.45, 2.75) is 6.04 Å². The Bertz CT molecular complexity index is 796. The van der Waals surface area contributed by atoms with Gasteiger partial charge in [0.15, 0.2) is 0 Å². The second-order valence-electron chi connectivity index (χ2n) is 5.06. The van der Waals surface area contributed by atoms with Gasteiger partial charge in [-0.3, -0.25) is 4.79 Å². The minimum absolute atomic E-state index is 0.134. The molecule has 1 atom stereocenters. The van der Waals surface area contributed by atoms with Crippen LogP contribution in [0, 0.1) is 0 Å². The van der Waals surface area contributed by atoms with Crippen molar-refractivity contribution in [2.24, 2.45) is 7.05 Å². The zero-order chi connectivity index (χ0) is 16.2. The summed E-state index contributed by atoms with van der Waals surface area (Å²) in [6.45, 7) is 0. The Hall–Kier alpha value is -2.60. The van der Waals surface area contributed by atoms with Crippen molar-refractivity contribution in [2.75, 3.05) is 7.11 Å². The number of hydrogen-bond acceptors (Lipinski definition) is 4. The molecule has 5 nitrogen and oxygen atoms in total. The van der Waals surface area contributed by atoms with Gasteiger partial charge in [0.05, 0.1) is 12.7 Å². The molecule has 0 aliphatic carbocycles. The summed E-state index contributed by atoms with van der Waals surface area (Å²) in [5.74, 6) is 1.33. The van der Waals surface area contributed by atoms with Crippen LogP contribution in [0.5, 0.6) is 5.75 Å². The molecule has 6 heteroatoms. The summed E-state index contributed by atoms with van der Waals surface area (Å²) in [5, 5.41) is 6.77. The lowest BCUT2D eigenvalue weighted by Gasteiger charge is -2.21. The third kappa shape index (κ3) is 3.12. The average Bonchev–Trinajstić information content (AvgIpc) is 3.24. The normalized spacial score (nSPS) is 11.9. The smallest absolute Gasteiger partial charge is 0.252 e. The van der Waals surface area contributed by atoms with E-state index < -0.39 is 6.04 Å². The highest BCUT2D eigenvalue weighted by atomic mass is 32.1. The molecular formula is C17H17N3O2S. The van der Waals surface area contributed by atoms with Gasteiger partial charge in [-0.05, 0) is 17.5 Å². The number of hydrogen-bond donors (Lipinski definition) is 1. The van der Waals surface area contributed by atoms with E-state index in [1.54, 1.807) is 19.4 Å². The predicted molar refractivity (Wildman–Crippen MR) is 89.8 cm³/mol. The zero-order valence-electron chi connectivity index (χ0n) is 12.9. The van der Waals surface area contributed by atoms with Gasteiger partial charge in [0.25, 0.3) is 5.91 Å². The van der Waals surface area contributed by atoms with Gasteiger partial charge in [-0.1, -0.05) is 18.2 Å². The van der Waals surface area contributed by atoms with Crippen LogP contribution in [-0.2, 0) is 7.05 Å². The molecule has 0 unspecified atom stereocenters. The molecule has 2 heterocycles. The summed E-state index contributed by atoms with van der Waals surface area (Å²) in [7, 11) is 3.52. The summed E-state index contributed by atoms with van der Waals surface area (Å²) < 4.78 is 7.34. The second kappa shape index (κ2) is 6.66. The van der Waals surface area contributed by atoms with Gasteiger partial charge in [0.2, 0.25) is 0 Å². The number of benzene rings is 1. The number of rotatable bonds is 5. The number of aromatic nitrogens is 2. The first-order valence-corrected chi connectivity index (χ1v) is 8.08. The number of nitrogens with zero attached hydrogens (tertiary/aromatic N) is 2. The van der Waals surface area contributed by atoms with E-state index in [4.69, 9.17) is 4.74 Å². The Morgan fingerprint density at radius 3 is 2.83 bits per heavy atom. The Morgan fingerprint density at radius 2 is 2.17 bits per heavy atom. The number of nitrogens with one attached hydrogen (secondary N) is 1. The van der Waals surface area contributed by atoms with E-state index in [1.807, 2.05) is 52.8 Å². The van der Waals surface area contributed by atoms with Crippen LogP contribution in [0.15, 0.2) is 53.5 Å². The zero-order valence-corrected chi connectivity index (χ0v) is 13.7. The number of methoxy groups -OCH3 is 1. The van der Waals surface area contributed by atoms with Crippen molar-refractivity contribution in [1.29, 1.82) is 0 Å². The predicted octanol–water partition coefficient (Wildman–Crippen LogP) is 3.01. The van der Waals surface area contributed by atoms with Crippen LogP contribution in [-0.4, -0.2) is 22.6 Å². The van der Waals surface area contributed by atoms with Gasteiger partial charge in [-0.2, -0.15) is 11.3 Å². The Morgan fingerprint density at radius 1 is 1.35 bits per heavy atom. The number of ether oxygens (including phenoxy) is 1. The summed E-state index contributed by atoms with van der Waals surface area (Å²) in [6, 6.07) is 9.05. The Labute approximate surface area is 138 Å². The maximum Gasteiger partial charge on any atom is 0.252 e. The number of carbonyl (C=O) groups excluding carboxylic acids is 1. The van der Waals surface area contributed by atoms with E-state index in [0.29, 0.717) is 11.3 Å². The van der Waals surface area contributed by atoms with Crippen LogP contribution in [0.25, 0.3) is 0 Å². The fourth-order valence-corrected chi connectivity index (χ4v) is 3.09. The van der Waals surface area contributed by atoms with E-state index in [0.717, 1.165) is 11.4 Å². The Kier molecular flexibility index (Phi) is 4.43. The monoisotopic (exact) mass is 327 g/mol. The van der Waals surface area contributed by atoms with Gasteiger partial charge in [0.1, 0.15) is 17.6 Å². The van der Waals surface area contributed by atoms with Crippen LogP contribution < -0.4 is 10.1 Å². The molecule has 2 aromatic heterocycles. The summed E-state index contributed by atoms with van der Waals surface area (Å²) in [4.78, 5) is 16.9. The summed E-state index contributed by atoms with van der Waals surface area (Å²) >= 11 is 1.49. The molecule has 0 bridgehead atoms. The first-order valence-electron chi connectivity index (χ1n) is 7.14. The first-order chi connectivity index (χ1) is 11.2. The maximum atomic E-state index is 12.5. The highest BCUT2D eigenvalue weighted by Crippen LogP contribution is 2.29. The van der Waals surface area contributed by atoms with Crippen LogP contribution >= 0.6 is 11.3 Å². The fourth-order valence-electron chi connectivity index (χ4n) is 2.45. The molecule has 0 saturated carbocycles. The van der Waals surface area contributed by atoms with Gasteiger partial charge < -0.3 is 14.6 Å². The lowest BCUT2D eigenvalue weighted by Crippen LogP contribution is -2.31. The highest BCUT2D eigenvalue weighted by molar-refractivity contribution is 7.08. The van der Waals surface area contributed by atoms with Gasteiger partial charge in [-0.25, -0.2) is 4.98 Å². The molecule has 0 radical (unpaired) electrons. The van der Waals surface area contributed by atoms with E-state index in [1.165, 1.54) is 11.3 Å². The van der Waals surface area contributed by atoms with E-state index >= 15 is 0 Å². The molecule has 23 heavy (non-hydrogen) atoms. The number of imidazole rings is 1. The van der Waals surface area contributed by atoms with Crippen molar-refractivity contribution in [1.82, 2.24) is 14.9 Å². The lowest BCUT2D eigenvalue weighted by molar-refractivity contribution is 0.0941. The van der Waals surface area contributed by atoms with Crippen molar-refractivity contribution in [3.05, 3.63) is 70.4 Å². The Balaban J connectivity index is 2.01. The number of para-hydroxylation sites is 1. The third-order valence-electron chi connectivity index (χ3n) is 3.63. The van der Waals surface area contributed by atoms with Crippen LogP contribution in [0.3, 0.4) is 0 Å². The van der Waals surface area contributed by atoms with Gasteiger partial charge >= 0.3 is 0 Å². The highest BCUT2D eigenvalue weighted by Gasteiger charge is 2.24. The summed E-state index contributed by atoms with van der Waals surface area (Å²) in [6.07, 6.45) is 3.57. The molecule has 3 aromatic rings. The van der Waals surface area contributed by atoms with E-state index in [-0.39, 0.29) is 5.91 Å². The molecule has 3 rings (SSSR count). The minimum Gasteiger partial charge on any atom is -0.496 e. The van der Waals surface area contributed by atoms with Crippen molar-refractivity contribution < 1.29 is 9.53 Å². The van der Waals surface area contributed by atoms with Crippen LogP contribution in [0.1, 0.15) is 27.8 Å². The van der Waals surface area contributed by atoms with Crippen molar-refractivity contribution in [3.63, 3.8) is 0 Å². The quantitative estimate of drug-likeness (QED) is 0.784. The minimum atomic E-state index is -0.390. The fraction of sp³-hybridized carbons (Fsp3) is 0.176. The molecule has 1 aromatic carbocycles. The molecule has 0 fully saturated rings. The SMILES string of the molecule is COc1ccccc1[C@H](NC(=O)c1ccsc1)c1nccn1C. The largest absolute Gasteiger partial charge is 0.496 e. The maximum absolute atomic E-state index is 12.5. The molecule has 0 saturated heterocycles. The van der Waals surface area contributed by atoms with Crippen LogP contribution in [0.2, 0.25) is 0 Å². The second-order valence-corrected chi connectivity index (χ2v) is 5.84. The van der Waals surface area contributed by atoms with Crippen molar-refractivity contribution >= 4 is 17.2 Å². The first kappa shape index (κ1) is 15.3.